The van der Waals surface area contributed by atoms with Crippen molar-refractivity contribution in [3.05, 3.63) is 42.0 Å². The summed E-state index contributed by atoms with van der Waals surface area (Å²) in [5.74, 6) is 3.73. The van der Waals surface area contributed by atoms with Crippen molar-refractivity contribution in [3.63, 3.8) is 0 Å². The van der Waals surface area contributed by atoms with E-state index >= 15 is 0 Å². The molecule has 8 nitrogen and oxygen atoms in total. The lowest BCUT2D eigenvalue weighted by molar-refractivity contribution is -0.134. The summed E-state index contributed by atoms with van der Waals surface area (Å²) in [5.41, 5.74) is 0.410. The smallest absolute Gasteiger partial charge is 0.227 e. The summed E-state index contributed by atoms with van der Waals surface area (Å²) in [5, 5.41) is 0. The van der Waals surface area contributed by atoms with Gasteiger partial charge in [0.15, 0.2) is 5.75 Å². The van der Waals surface area contributed by atoms with Gasteiger partial charge in [-0.3, -0.25) is 4.79 Å². The number of nitrogens with zero attached hydrogens (tertiary/aromatic N) is 4. The van der Waals surface area contributed by atoms with Gasteiger partial charge in [0.05, 0.1) is 45.7 Å². The van der Waals surface area contributed by atoms with E-state index < -0.39 is 0 Å². The fourth-order valence-corrected chi connectivity index (χ4v) is 5.46. The number of morpholine rings is 1. The van der Waals surface area contributed by atoms with Crippen LogP contribution in [0.2, 0.25) is 0 Å². The molecule has 3 aliphatic rings. The molecule has 1 saturated carbocycles. The molecule has 1 amide bonds. The molecule has 2 saturated heterocycles. The maximum atomic E-state index is 14.6. The predicted molar refractivity (Wildman–Crippen MR) is 133 cm³/mol. The Morgan fingerprint density at radius 1 is 1.11 bits per heavy atom. The summed E-state index contributed by atoms with van der Waals surface area (Å²) in [4.78, 5) is 25.2. The molecule has 0 N–H and O–H groups in total. The molecule has 3 heterocycles. The first kappa shape index (κ1) is 24.7. The van der Waals surface area contributed by atoms with E-state index in [1.807, 2.05) is 0 Å². The van der Waals surface area contributed by atoms with Gasteiger partial charge in [0.1, 0.15) is 11.6 Å². The second kappa shape index (κ2) is 11.4. The van der Waals surface area contributed by atoms with Gasteiger partial charge in [-0.15, -0.1) is 0 Å². The van der Waals surface area contributed by atoms with Crippen LogP contribution in [0.3, 0.4) is 0 Å². The summed E-state index contributed by atoms with van der Waals surface area (Å²) < 4.78 is 30.8. The highest BCUT2D eigenvalue weighted by molar-refractivity contribution is 5.79. The molecule has 1 aromatic heterocycles. The number of anilines is 1. The summed E-state index contributed by atoms with van der Waals surface area (Å²) in [7, 11) is 1.62. The van der Waals surface area contributed by atoms with E-state index in [9.17, 15) is 9.18 Å². The summed E-state index contributed by atoms with van der Waals surface area (Å²) in [6.07, 6.45) is 8.07. The van der Waals surface area contributed by atoms with E-state index in [0.29, 0.717) is 55.9 Å². The van der Waals surface area contributed by atoms with Gasteiger partial charge >= 0.3 is 0 Å². The zero-order chi connectivity index (χ0) is 24.9. The van der Waals surface area contributed by atoms with Gasteiger partial charge in [-0.1, -0.05) is 6.07 Å². The molecule has 5 rings (SSSR count). The number of hydrogen-bond donors (Lipinski definition) is 0. The molecule has 194 valence electrons. The monoisotopic (exact) mass is 498 g/mol. The average molecular weight is 499 g/mol. The number of benzene rings is 1. The fraction of sp³-hybridized carbons (Fsp3) is 0.593. The fourth-order valence-electron chi connectivity index (χ4n) is 5.46. The Hall–Kier alpha value is -2.94. The summed E-state index contributed by atoms with van der Waals surface area (Å²) >= 11 is 0. The van der Waals surface area contributed by atoms with Crippen LogP contribution in [0.5, 0.6) is 11.5 Å². The first-order valence-corrected chi connectivity index (χ1v) is 13.0. The molecule has 0 unspecified atom stereocenters. The van der Waals surface area contributed by atoms with Crippen molar-refractivity contribution in [2.24, 2.45) is 17.8 Å². The van der Waals surface area contributed by atoms with Crippen molar-refractivity contribution in [1.82, 2.24) is 14.9 Å². The Labute approximate surface area is 211 Å². The largest absolute Gasteiger partial charge is 0.494 e. The molecule has 0 spiro atoms. The number of hydrogen-bond acceptors (Lipinski definition) is 7. The van der Waals surface area contributed by atoms with Gasteiger partial charge < -0.3 is 24.0 Å². The minimum absolute atomic E-state index is 0.0620. The highest BCUT2D eigenvalue weighted by Gasteiger charge is 2.43. The minimum Gasteiger partial charge on any atom is -0.494 e. The number of carbonyl (C=O) groups excluding carboxylic acids is 1. The third-order valence-corrected chi connectivity index (χ3v) is 7.74. The number of rotatable bonds is 9. The zero-order valence-corrected chi connectivity index (χ0v) is 20.9. The molecular weight excluding hydrogens is 463 g/mol. The normalized spacial score (nSPS) is 22.4. The Bertz CT molecular complexity index is 1020. The van der Waals surface area contributed by atoms with E-state index in [-0.39, 0.29) is 18.1 Å². The number of halogens is 1. The third kappa shape index (κ3) is 6.06. The van der Waals surface area contributed by atoms with E-state index in [1.165, 1.54) is 12.5 Å². The number of piperidine rings is 1. The highest BCUT2D eigenvalue weighted by Crippen LogP contribution is 2.49. The maximum Gasteiger partial charge on any atom is 0.227 e. The Morgan fingerprint density at radius 3 is 2.56 bits per heavy atom. The van der Waals surface area contributed by atoms with Crippen LogP contribution in [0, 0.1) is 23.6 Å². The predicted octanol–water partition coefficient (Wildman–Crippen LogP) is 3.35. The molecule has 2 aliphatic heterocycles. The van der Waals surface area contributed by atoms with Crippen molar-refractivity contribution in [1.29, 1.82) is 0 Å². The number of ether oxygens (including phenoxy) is 3. The highest BCUT2D eigenvalue weighted by atomic mass is 19.1. The van der Waals surface area contributed by atoms with Crippen LogP contribution in [0.1, 0.15) is 31.2 Å². The summed E-state index contributed by atoms with van der Waals surface area (Å²) in [6.45, 7) is 4.78. The molecule has 2 atom stereocenters. The van der Waals surface area contributed by atoms with Crippen LogP contribution in [0.15, 0.2) is 30.6 Å². The van der Waals surface area contributed by atoms with Crippen LogP contribution in [-0.4, -0.2) is 73.9 Å². The number of methoxy groups -OCH3 is 1. The second-order valence-corrected chi connectivity index (χ2v) is 9.97. The second-order valence-electron chi connectivity index (χ2n) is 9.97. The maximum absolute atomic E-state index is 14.6. The summed E-state index contributed by atoms with van der Waals surface area (Å²) in [6, 6.07) is 4.85. The van der Waals surface area contributed by atoms with Crippen molar-refractivity contribution in [2.45, 2.75) is 32.1 Å². The molecule has 0 bridgehead atoms. The van der Waals surface area contributed by atoms with Gasteiger partial charge in [-0.2, -0.15) is 0 Å². The molecule has 9 heteroatoms. The Balaban J connectivity index is 1.01. The first-order valence-electron chi connectivity index (χ1n) is 13.0. The molecule has 1 aliphatic carbocycles. The zero-order valence-electron chi connectivity index (χ0n) is 20.9. The lowest BCUT2D eigenvalue weighted by Crippen LogP contribution is -2.41. The van der Waals surface area contributed by atoms with Crippen molar-refractivity contribution in [3.8, 4) is 11.5 Å². The Kier molecular flexibility index (Phi) is 7.84. The Morgan fingerprint density at radius 2 is 1.86 bits per heavy atom. The molecule has 2 aromatic rings. The lowest BCUT2D eigenvalue weighted by atomic mass is 9.90. The van der Waals surface area contributed by atoms with Gasteiger partial charge in [0.25, 0.3) is 0 Å². The van der Waals surface area contributed by atoms with E-state index in [4.69, 9.17) is 14.2 Å². The van der Waals surface area contributed by atoms with Crippen molar-refractivity contribution < 1.29 is 23.4 Å². The van der Waals surface area contributed by atoms with Crippen LogP contribution in [0.25, 0.3) is 0 Å². The number of carbonyl (C=O) groups is 1. The quantitative estimate of drug-likeness (QED) is 0.525. The molecular formula is C27H35FN4O4. The van der Waals surface area contributed by atoms with Gasteiger partial charge in [0, 0.05) is 32.2 Å². The van der Waals surface area contributed by atoms with E-state index in [0.717, 1.165) is 50.1 Å². The topological polar surface area (TPSA) is 77.0 Å². The SMILES string of the molecule is COc1cnc(N2CCC([C@@H]3C[C@@H]3CCOc3ccc(CC(=O)N4CCOCC4)c(F)c3)CC2)nc1. The molecule has 0 radical (unpaired) electrons. The first-order chi connectivity index (χ1) is 17.6. The number of amides is 1. The van der Waals surface area contributed by atoms with E-state index in [1.54, 1.807) is 36.5 Å². The standard InChI is InChI=1S/C27H35FN4O4/c1-34-23-17-29-27(30-18-23)32-7-4-19(5-8-32)24-14-20(24)6-11-36-22-3-2-21(25(28)16-22)15-26(33)31-9-12-35-13-10-31/h2-3,16-20,24H,4-15H2,1H3/t20-,24-/m0/s1. The average Bonchev–Trinajstić information content (AvgIpc) is 3.70. The van der Waals surface area contributed by atoms with E-state index in [2.05, 4.69) is 14.9 Å². The minimum atomic E-state index is -0.383. The van der Waals surface area contributed by atoms with Gasteiger partial charge in [-0.05, 0) is 55.1 Å². The van der Waals surface area contributed by atoms with Crippen LogP contribution < -0.4 is 14.4 Å². The lowest BCUT2D eigenvalue weighted by Gasteiger charge is -2.32. The number of aromatic nitrogens is 2. The van der Waals surface area contributed by atoms with Gasteiger partial charge in [0.2, 0.25) is 11.9 Å². The molecule has 1 aromatic carbocycles. The van der Waals surface area contributed by atoms with Crippen LogP contribution in [-0.2, 0) is 16.0 Å². The van der Waals surface area contributed by atoms with Crippen LogP contribution in [0.4, 0.5) is 10.3 Å². The van der Waals surface area contributed by atoms with Crippen molar-refractivity contribution >= 4 is 11.9 Å². The third-order valence-electron chi connectivity index (χ3n) is 7.74. The van der Waals surface area contributed by atoms with Crippen LogP contribution >= 0.6 is 0 Å². The molecule has 36 heavy (non-hydrogen) atoms. The molecule has 3 fully saturated rings. The van der Waals surface area contributed by atoms with Gasteiger partial charge in [-0.25, -0.2) is 14.4 Å². The van der Waals surface area contributed by atoms with Crippen molar-refractivity contribution in [2.75, 3.05) is 58.0 Å².